The molecule has 6 unspecified atom stereocenters. The normalized spacial score (nSPS) is 20.6. The average Bonchev–Trinajstić information content (AvgIpc) is 3.49. The molecule has 3 aliphatic rings. The minimum atomic E-state index is -1.51. The molecule has 1 heterocycles. The number of nitro groups is 1. The van der Waals surface area contributed by atoms with Crippen LogP contribution in [-0.2, 0) is 25.7 Å². The molecule has 16 nitrogen and oxygen atoms in total. The number of unbranched alkanes of at least 4 members (excludes halogenated alkanes) is 19. The largest absolute Gasteiger partial charge is 0.459 e. The minimum absolute atomic E-state index is 0.0207. The van der Waals surface area contributed by atoms with E-state index in [0.717, 1.165) is 75.3 Å². The number of aliphatic hydroxyl groups excluding tert-OH is 3. The van der Waals surface area contributed by atoms with E-state index in [0.29, 0.717) is 55.0 Å². The summed E-state index contributed by atoms with van der Waals surface area (Å²) < 4.78 is 26.6. The second-order valence-electron chi connectivity index (χ2n) is 22.0. The first-order valence-electron chi connectivity index (χ1n) is 30.5. The Morgan fingerprint density at radius 1 is 0.810 bits per heavy atom. The van der Waals surface area contributed by atoms with Crippen molar-refractivity contribution in [2.45, 2.75) is 212 Å². The molecule has 6 atom stereocenters. The predicted molar refractivity (Wildman–Crippen MR) is 310 cm³/mol. The number of hydrogen-bond donors (Lipinski definition) is 4. The zero-order chi connectivity index (χ0) is 56.5. The molecule has 0 radical (unpaired) electrons. The number of hydrogen-bond acceptors (Lipinski definition) is 13. The zero-order valence-electron chi connectivity index (χ0n) is 48.1. The maximum atomic E-state index is 15.1. The summed E-state index contributed by atoms with van der Waals surface area (Å²) in [6, 6.07) is 10.9. The number of oxime groups is 1. The van der Waals surface area contributed by atoms with Crippen LogP contribution in [0.1, 0.15) is 204 Å². The number of carbonyl (C=O) groups is 2. The summed E-state index contributed by atoms with van der Waals surface area (Å²) in [6.45, 7) is 9.47. The number of carbonyl (C=O) groups excluding carboxylic acids is 2. The van der Waals surface area contributed by atoms with Gasteiger partial charge in [-0.15, -0.1) is 6.58 Å². The maximum absolute atomic E-state index is 15.1. The molecule has 16 heteroatoms. The van der Waals surface area contributed by atoms with E-state index in [4.69, 9.17) is 28.9 Å². The highest BCUT2D eigenvalue weighted by molar-refractivity contribution is 6.03. The van der Waals surface area contributed by atoms with E-state index in [1.807, 2.05) is 17.0 Å². The molecule has 0 spiro atoms. The van der Waals surface area contributed by atoms with E-state index < -0.39 is 28.8 Å². The molecule has 2 amide bonds. The van der Waals surface area contributed by atoms with Crippen LogP contribution in [0.5, 0.6) is 11.5 Å². The van der Waals surface area contributed by atoms with Gasteiger partial charge in [0.1, 0.15) is 24.1 Å². The van der Waals surface area contributed by atoms with Crippen LogP contribution in [0, 0.1) is 27.9 Å². The van der Waals surface area contributed by atoms with Crippen molar-refractivity contribution in [3.05, 3.63) is 88.0 Å². The molecule has 0 aromatic heterocycles. The molecular formula is C63H98N4O12. The first-order valence-corrected chi connectivity index (χ1v) is 30.5. The highest BCUT2D eigenvalue weighted by Gasteiger charge is 2.65. The molecule has 5 rings (SSSR count). The zero-order valence-corrected chi connectivity index (χ0v) is 48.1. The van der Waals surface area contributed by atoms with Gasteiger partial charge in [0, 0.05) is 62.8 Å². The topological polar surface area (TPSA) is 212 Å². The summed E-state index contributed by atoms with van der Waals surface area (Å²) in [5.41, 5.74) is 2.91. The van der Waals surface area contributed by atoms with Crippen LogP contribution in [0.3, 0.4) is 0 Å². The van der Waals surface area contributed by atoms with Crippen molar-refractivity contribution in [1.82, 2.24) is 10.2 Å². The standard InChI is InChI=1S/C63H98N4O12/c1-4-7-9-11-13-15-17-19-21-25-37-64-62(72)78-52-35-36-57-55(46-52)60-53(29-24-27-40-69)50(28-23-26-39-68)45-54-56(65-77-48-49-31-33-51(34-32-49)67(73)74)47-58(63(79-57,61(54)60)76-42-6-3)66(38-43-75-44-41-70)59(71)30-22-20-18-16-14-12-10-8-5-2/h6,31-36,45-46,50,53,58,60-61,68-70H,3-5,7-30,37-44,47-48H2,1-2H3,(H,64,72). The summed E-state index contributed by atoms with van der Waals surface area (Å²) in [5, 5.41) is 49.3. The van der Waals surface area contributed by atoms with Crippen molar-refractivity contribution in [3.63, 3.8) is 0 Å². The first-order chi connectivity index (χ1) is 38.7. The second kappa shape index (κ2) is 37.2. The lowest BCUT2D eigenvalue weighted by Gasteiger charge is -2.60. The van der Waals surface area contributed by atoms with Gasteiger partial charge in [-0.3, -0.25) is 14.9 Å². The van der Waals surface area contributed by atoms with Gasteiger partial charge in [0.15, 0.2) is 0 Å². The van der Waals surface area contributed by atoms with Gasteiger partial charge >= 0.3 is 6.09 Å². The van der Waals surface area contributed by atoms with E-state index in [2.05, 4.69) is 31.8 Å². The Kier molecular flexibility index (Phi) is 30.6. The van der Waals surface area contributed by atoms with Gasteiger partial charge in [-0.1, -0.05) is 153 Å². The molecule has 0 bridgehead atoms. The van der Waals surface area contributed by atoms with E-state index >= 15 is 4.79 Å². The lowest BCUT2D eigenvalue weighted by molar-refractivity contribution is -0.384. The molecule has 79 heavy (non-hydrogen) atoms. The number of nitro benzene ring substituents is 1. The van der Waals surface area contributed by atoms with E-state index in [1.54, 1.807) is 24.3 Å². The van der Waals surface area contributed by atoms with Gasteiger partial charge in [0.2, 0.25) is 11.7 Å². The number of fused-ring (bicyclic) bond motifs is 2. The van der Waals surface area contributed by atoms with Crippen LogP contribution in [0.2, 0.25) is 0 Å². The van der Waals surface area contributed by atoms with Gasteiger partial charge in [0.05, 0.1) is 43.0 Å². The monoisotopic (exact) mass is 1100 g/mol. The fourth-order valence-corrected chi connectivity index (χ4v) is 12.1. The van der Waals surface area contributed by atoms with Crippen LogP contribution >= 0.6 is 0 Å². The smallest absolute Gasteiger partial charge is 0.412 e. The molecule has 1 saturated carbocycles. The molecule has 1 aliphatic heterocycles. The number of non-ortho nitro benzene ring substituents is 1. The van der Waals surface area contributed by atoms with Crippen molar-refractivity contribution in [2.24, 2.45) is 22.9 Å². The quantitative estimate of drug-likeness (QED) is 0.0211. The third kappa shape index (κ3) is 20.6. The minimum Gasteiger partial charge on any atom is -0.459 e. The molecule has 442 valence electrons. The Morgan fingerprint density at radius 2 is 1.44 bits per heavy atom. The van der Waals surface area contributed by atoms with Crippen molar-refractivity contribution in [2.75, 3.05) is 52.7 Å². The number of benzene rings is 2. The van der Waals surface area contributed by atoms with Crippen LogP contribution in [0.15, 0.2) is 71.9 Å². The van der Waals surface area contributed by atoms with E-state index in [9.17, 15) is 30.2 Å². The number of aliphatic hydroxyl groups is 3. The third-order valence-corrected chi connectivity index (χ3v) is 16.1. The number of nitrogens with zero attached hydrogens (tertiary/aromatic N) is 3. The van der Waals surface area contributed by atoms with Crippen molar-refractivity contribution in [1.29, 1.82) is 0 Å². The predicted octanol–water partition coefficient (Wildman–Crippen LogP) is 13.2. The number of rotatable bonds is 43. The molecule has 1 fully saturated rings. The summed E-state index contributed by atoms with van der Waals surface area (Å²) in [4.78, 5) is 47.7. The van der Waals surface area contributed by atoms with Crippen LogP contribution in [0.4, 0.5) is 10.5 Å². The Labute approximate surface area is 472 Å². The van der Waals surface area contributed by atoms with Crippen LogP contribution in [0.25, 0.3) is 0 Å². The number of ether oxygens (including phenoxy) is 4. The van der Waals surface area contributed by atoms with Gasteiger partial charge in [-0.2, -0.15) is 0 Å². The van der Waals surface area contributed by atoms with Crippen molar-refractivity contribution >= 4 is 23.4 Å². The van der Waals surface area contributed by atoms with Gasteiger partial charge in [0.25, 0.3) is 5.69 Å². The van der Waals surface area contributed by atoms with Gasteiger partial charge in [-0.25, -0.2) is 4.79 Å². The lowest BCUT2D eigenvalue weighted by Crippen LogP contribution is -2.70. The highest BCUT2D eigenvalue weighted by atomic mass is 16.7. The van der Waals surface area contributed by atoms with Crippen molar-refractivity contribution in [3.8, 4) is 11.5 Å². The highest BCUT2D eigenvalue weighted by Crippen LogP contribution is 2.62. The molecule has 2 aromatic rings. The van der Waals surface area contributed by atoms with Crippen molar-refractivity contribution < 1.29 is 53.6 Å². The summed E-state index contributed by atoms with van der Waals surface area (Å²) in [6.07, 6.45) is 29.8. The molecule has 4 N–H and O–H groups in total. The summed E-state index contributed by atoms with van der Waals surface area (Å²) >= 11 is 0. The van der Waals surface area contributed by atoms with Gasteiger partial charge < -0.3 is 49.3 Å². The number of nitrogens with one attached hydrogen (secondary N) is 1. The summed E-state index contributed by atoms with van der Waals surface area (Å²) in [7, 11) is 0. The van der Waals surface area contributed by atoms with E-state index in [-0.39, 0.29) is 88.6 Å². The Balaban J connectivity index is 1.57. The van der Waals surface area contributed by atoms with Crippen LogP contribution < -0.4 is 14.8 Å². The lowest BCUT2D eigenvalue weighted by atomic mass is 9.55. The SMILES string of the molecule is C=CCOC12Oc3ccc(OC(=O)NCCCCCCCCCCCC)cc3C3C(CCCCO)C(CCCCO)C=C(C(=NOCc4ccc([N+](=O)[O-])cc4)CC1N(CCOCCO)C(=O)CCCCCCCCCCC)C32. The molecule has 0 saturated heterocycles. The fourth-order valence-electron chi connectivity index (χ4n) is 12.1. The maximum Gasteiger partial charge on any atom is 0.412 e. The Morgan fingerprint density at radius 3 is 2.06 bits per heavy atom. The number of allylic oxidation sites excluding steroid dienone is 1. The second-order valence-corrected chi connectivity index (χ2v) is 22.0. The molecule has 2 aromatic carbocycles. The van der Waals surface area contributed by atoms with Gasteiger partial charge in [-0.05, 0) is 91.8 Å². The Bertz CT molecular complexity index is 2150. The molecule has 2 aliphatic carbocycles. The van der Waals surface area contributed by atoms with E-state index in [1.165, 1.54) is 89.2 Å². The Hall–Kier alpha value is -4.87. The average molecular weight is 1100 g/mol. The fraction of sp³-hybridized carbons (Fsp3) is 0.698. The number of amides is 2. The summed E-state index contributed by atoms with van der Waals surface area (Å²) in [5.74, 6) is -1.76. The van der Waals surface area contributed by atoms with Crippen LogP contribution in [-0.4, -0.2) is 107 Å². The third-order valence-electron chi connectivity index (χ3n) is 16.1. The molecular weight excluding hydrogens is 1000 g/mol. The first kappa shape index (κ1) is 64.9.